The Bertz CT molecular complexity index is 496. The van der Waals surface area contributed by atoms with Gasteiger partial charge in [-0.1, -0.05) is 37.3 Å². The molecule has 20 heavy (non-hydrogen) atoms. The molecular weight excluding hydrogens is 248 g/mol. The second-order valence-electron chi connectivity index (χ2n) is 4.83. The number of ether oxygens (including phenoxy) is 1. The third-order valence-corrected chi connectivity index (χ3v) is 3.13. The zero-order chi connectivity index (χ0) is 14.2. The Balaban J connectivity index is 1.79. The number of hydrogen-bond donors (Lipinski definition) is 2. The zero-order valence-corrected chi connectivity index (χ0v) is 12.1. The maximum absolute atomic E-state index is 5.76. The van der Waals surface area contributed by atoms with Crippen LogP contribution in [0.4, 0.5) is 5.69 Å². The quantitative estimate of drug-likeness (QED) is 0.747. The molecule has 0 heterocycles. The van der Waals surface area contributed by atoms with Crippen molar-refractivity contribution in [3.63, 3.8) is 0 Å². The minimum absolute atomic E-state index is 0.263. The third-order valence-electron chi connectivity index (χ3n) is 3.13. The van der Waals surface area contributed by atoms with Gasteiger partial charge in [-0.25, -0.2) is 5.43 Å². The van der Waals surface area contributed by atoms with Gasteiger partial charge in [0.05, 0.1) is 6.10 Å². The number of para-hydroxylation sites is 1. The Morgan fingerprint density at radius 1 is 1.00 bits per heavy atom. The Labute approximate surface area is 120 Å². The summed E-state index contributed by atoms with van der Waals surface area (Å²) in [6.45, 7) is 4.97. The first-order valence-electron chi connectivity index (χ1n) is 7.07. The number of nitrogens with one attached hydrogen (secondary N) is 2. The van der Waals surface area contributed by atoms with Crippen LogP contribution in [0.3, 0.4) is 0 Å². The fraction of sp³-hybridized carbons (Fsp3) is 0.294. The van der Waals surface area contributed by atoms with Crippen LogP contribution in [-0.4, -0.2) is 6.10 Å². The summed E-state index contributed by atoms with van der Waals surface area (Å²) < 4.78 is 5.76. The summed E-state index contributed by atoms with van der Waals surface area (Å²) in [5.74, 6) is 0.930. The number of hydrogen-bond acceptors (Lipinski definition) is 3. The van der Waals surface area contributed by atoms with E-state index in [9.17, 15) is 0 Å². The van der Waals surface area contributed by atoms with E-state index < -0.39 is 0 Å². The molecule has 1 atom stereocenters. The van der Waals surface area contributed by atoms with E-state index in [1.807, 2.05) is 42.5 Å². The second kappa shape index (κ2) is 7.56. The van der Waals surface area contributed by atoms with Crippen molar-refractivity contribution in [1.29, 1.82) is 0 Å². The standard InChI is InChI=1S/C17H22N2O/c1-3-14(2)20-17-11-9-15(10-12-17)13-18-19-16-7-5-4-6-8-16/h4-12,14,18-19H,3,13H2,1-2H3. The van der Waals surface area contributed by atoms with Crippen molar-refractivity contribution in [1.82, 2.24) is 5.43 Å². The molecule has 2 rings (SSSR count). The van der Waals surface area contributed by atoms with Gasteiger partial charge in [-0.2, -0.15) is 0 Å². The van der Waals surface area contributed by atoms with Gasteiger partial charge >= 0.3 is 0 Å². The molecule has 0 aliphatic carbocycles. The number of rotatable bonds is 7. The van der Waals surface area contributed by atoms with E-state index in [0.29, 0.717) is 0 Å². The fourth-order valence-electron chi connectivity index (χ4n) is 1.77. The van der Waals surface area contributed by atoms with Crippen LogP contribution >= 0.6 is 0 Å². The van der Waals surface area contributed by atoms with Gasteiger partial charge in [0.15, 0.2) is 0 Å². The average Bonchev–Trinajstić information content (AvgIpc) is 2.50. The number of benzene rings is 2. The first kappa shape index (κ1) is 14.4. The molecule has 0 aliphatic rings. The minimum atomic E-state index is 0.263. The van der Waals surface area contributed by atoms with Crippen LogP contribution in [0, 0.1) is 0 Å². The smallest absolute Gasteiger partial charge is 0.119 e. The average molecular weight is 270 g/mol. The van der Waals surface area contributed by atoms with Crippen LogP contribution in [0.2, 0.25) is 0 Å². The molecule has 0 aliphatic heterocycles. The Morgan fingerprint density at radius 3 is 2.35 bits per heavy atom. The zero-order valence-electron chi connectivity index (χ0n) is 12.1. The second-order valence-corrected chi connectivity index (χ2v) is 4.83. The summed E-state index contributed by atoms with van der Waals surface area (Å²) in [7, 11) is 0. The Morgan fingerprint density at radius 2 is 1.70 bits per heavy atom. The third kappa shape index (κ3) is 4.59. The van der Waals surface area contributed by atoms with Crippen molar-refractivity contribution in [2.75, 3.05) is 5.43 Å². The van der Waals surface area contributed by atoms with Gasteiger partial charge in [-0.15, -0.1) is 0 Å². The lowest BCUT2D eigenvalue weighted by molar-refractivity contribution is 0.217. The van der Waals surface area contributed by atoms with Gasteiger partial charge in [0.25, 0.3) is 0 Å². The van der Waals surface area contributed by atoms with Crippen LogP contribution in [0.15, 0.2) is 54.6 Å². The molecule has 0 spiro atoms. The van der Waals surface area contributed by atoms with Crippen molar-refractivity contribution in [3.05, 3.63) is 60.2 Å². The molecule has 1 unspecified atom stereocenters. The van der Waals surface area contributed by atoms with Gasteiger partial charge in [-0.05, 0) is 43.2 Å². The highest BCUT2D eigenvalue weighted by atomic mass is 16.5. The molecule has 0 radical (unpaired) electrons. The summed E-state index contributed by atoms with van der Waals surface area (Å²) in [6, 6.07) is 18.3. The SMILES string of the molecule is CCC(C)Oc1ccc(CNNc2ccccc2)cc1. The van der Waals surface area contributed by atoms with Crippen molar-refractivity contribution in [2.24, 2.45) is 0 Å². The van der Waals surface area contributed by atoms with Crippen LogP contribution in [0.1, 0.15) is 25.8 Å². The van der Waals surface area contributed by atoms with Crippen molar-refractivity contribution < 1.29 is 4.74 Å². The van der Waals surface area contributed by atoms with Gasteiger partial charge in [0.1, 0.15) is 5.75 Å². The largest absolute Gasteiger partial charge is 0.491 e. The maximum Gasteiger partial charge on any atom is 0.119 e. The molecule has 0 fully saturated rings. The van der Waals surface area contributed by atoms with Gasteiger partial charge in [0, 0.05) is 12.2 Å². The van der Waals surface area contributed by atoms with Crippen LogP contribution < -0.4 is 15.6 Å². The highest BCUT2D eigenvalue weighted by Gasteiger charge is 2.00. The van der Waals surface area contributed by atoms with E-state index >= 15 is 0 Å². The summed E-state index contributed by atoms with van der Waals surface area (Å²) in [6.07, 6.45) is 1.28. The molecule has 3 heteroatoms. The molecule has 0 bridgehead atoms. The molecule has 2 aromatic carbocycles. The highest BCUT2D eigenvalue weighted by Crippen LogP contribution is 2.14. The first-order chi connectivity index (χ1) is 9.78. The topological polar surface area (TPSA) is 33.3 Å². The molecule has 106 valence electrons. The van der Waals surface area contributed by atoms with Gasteiger partial charge in [-0.3, -0.25) is 0 Å². The molecule has 2 aromatic rings. The lowest BCUT2D eigenvalue weighted by Crippen LogP contribution is -2.20. The predicted molar refractivity (Wildman–Crippen MR) is 83.7 cm³/mol. The van der Waals surface area contributed by atoms with Crippen LogP contribution in [0.25, 0.3) is 0 Å². The molecular formula is C17H22N2O. The summed E-state index contributed by atoms with van der Waals surface area (Å²) in [5.41, 5.74) is 8.64. The molecule has 2 N–H and O–H groups in total. The number of anilines is 1. The van der Waals surface area contributed by atoms with E-state index in [-0.39, 0.29) is 6.10 Å². The molecule has 0 amide bonds. The fourth-order valence-corrected chi connectivity index (χ4v) is 1.77. The van der Waals surface area contributed by atoms with Crippen molar-refractivity contribution in [3.8, 4) is 5.75 Å². The first-order valence-corrected chi connectivity index (χ1v) is 7.07. The lowest BCUT2D eigenvalue weighted by atomic mass is 10.2. The number of hydrazine groups is 1. The molecule has 0 aromatic heterocycles. The van der Waals surface area contributed by atoms with Gasteiger partial charge < -0.3 is 10.2 Å². The Kier molecular flexibility index (Phi) is 5.44. The van der Waals surface area contributed by atoms with Gasteiger partial charge in [0.2, 0.25) is 0 Å². The highest BCUT2D eigenvalue weighted by molar-refractivity contribution is 5.41. The van der Waals surface area contributed by atoms with E-state index in [2.05, 4.69) is 36.8 Å². The Hall–Kier alpha value is -2.00. The van der Waals surface area contributed by atoms with E-state index in [0.717, 1.165) is 24.4 Å². The molecule has 3 nitrogen and oxygen atoms in total. The molecule has 0 saturated heterocycles. The van der Waals surface area contributed by atoms with E-state index in [1.165, 1.54) is 5.56 Å². The minimum Gasteiger partial charge on any atom is -0.491 e. The summed E-state index contributed by atoms with van der Waals surface area (Å²) in [5, 5.41) is 0. The van der Waals surface area contributed by atoms with E-state index in [1.54, 1.807) is 0 Å². The normalized spacial score (nSPS) is 11.9. The van der Waals surface area contributed by atoms with E-state index in [4.69, 9.17) is 4.74 Å². The predicted octanol–water partition coefficient (Wildman–Crippen LogP) is 3.98. The summed E-state index contributed by atoms with van der Waals surface area (Å²) in [4.78, 5) is 0. The maximum atomic E-state index is 5.76. The van der Waals surface area contributed by atoms with Crippen LogP contribution in [-0.2, 0) is 6.54 Å². The van der Waals surface area contributed by atoms with Crippen LogP contribution in [0.5, 0.6) is 5.75 Å². The lowest BCUT2D eigenvalue weighted by Gasteiger charge is -2.13. The summed E-state index contributed by atoms with van der Waals surface area (Å²) >= 11 is 0. The van der Waals surface area contributed by atoms with Crippen molar-refractivity contribution in [2.45, 2.75) is 32.9 Å². The molecule has 0 saturated carbocycles. The van der Waals surface area contributed by atoms with Crippen molar-refractivity contribution >= 4 is 5.69 Å². The monoisotopic (exact) mass is 270 g/mol.